The van der Waals surface area contributed by atoms with Crippen LogP contribution in [-0.2, 0) is 4.79 Å². The van der Waals surface area contributed by atoms with Gasteiger partial charge in [-0.1, -0.05) is 17.8 Å². The standard InChI is InChI=1S/C22H27N3O2S2/c1-7-24(8-2)18(26)12-28-22-23-20-19(15(5)16(6)29-20)21(27)25(22)17-10-9-13(3)14(4)11-17/h9-11H,7-8,12H2,1-6H3. The molecule has 0 unspecified atom stereocenters. The van der Waals surface area contributed by atoms with Crippen LogP contribution in [0.2, 0.25) is 0 Å². The zero-order chi connectivity index (χ0) is 21.3. The number of aryl methyl sites for hydroxylation is 4. The second kappa shape index (κ2) is 8.71. The first kappa shape index (κ1) is 21.6. The van der Waals surface area contributed by atoms with Crippen LogP contribution in [0.1, 0.15) is 35.4 Å². The number of nitrogens with zero attached hydrogens (tertiary/aromatic N) is 3. The van der Waals surface area contributed by atoms with Crippen LogP contribution >= 0.6 is 23.1 Å². The van der Waals surface area contributed by atoms with E-state index in [2.05, 4.69) is 0 Å². The summed E-state index contributed by atoms with van der Waals surface area (Å²) in [6, 6.07) is 5.97. The van der Waals surface area contributed by atoms with Gasteiger partial charge in [-0.2, -0.15) is 0 Å². The van der Waals surface area contributed by atoms with Crippen molar-refractivity contribution in [1.29, 1.82) is 0 Å². The van der Waals surface area contributed by atoms with Crippen molar-refractivity contribution in [2.45, 2.75) is 46.7 Å². The number of thiophene rings is 1. The fraction of sp³-hybridized carbons (Fsp3) is 0.409. The molecular weight excluding hydrogens is 402 g/mol. The number of hydrogen-bond acceptors (Lipinski definition) is 5. The number of benzene rings is 1. The van der Waals surface area contributed by atoms with Crippen LogP contribution in [0.5, 0.6) is 0 Å². The average molecular weight is 430 g/mol. The van der Waals surface area contributed by atoms with E-state index in [1.165, 1.54) is 28.7 Å². The third-order valence-electron chi connectivity index (χ3n) is 5.36. The van der Waals surface area contributed by atoms with Crippen LogP contribution in [0.4, 0.5) is 0 Å². The van der Waals surface area contributed by atoms with E-state index in [1.807, 2.05) is 59.7 Å². The van der Waals surface area contributed by atoms with Crippen molar-refractivity contribution in [3.8, 4) is 5.69 Å². The number of hydrogen-bond donors (Lipinski definition) is 0. The van der Waals surface area contributed by atoms with Crippen molar-refractivity contribution < 1.29 is 4.79 Å². The second-order valence-corrected chi connectivity index (χ2v) is 9.27. The van der Waals surface area contributed by atoms with E-state index in [4.69, 9.17) is 4.98 Å². The quantitative estimate of drug-likeness (QED) is 0.423. The van der Waals surface area contributed by atoms with Crippen LogP contribution in [-0.4, -0.2) is 39.2 Å². The Morgan fingerprint density at radius 3 is 2.45 bits per heavy atom. The van der Waals surface area contributed by atoms with E-state index in [-0.39, 0.29) is 17.2 Å². The Bertz CT molecular complexity index is 1130. The first-order chi connectivity index (χ1) is 13.8. The van der Waals surface area contributed by atoms with E-state index in [1.54, 1.807) is 9.47 Å². The third-order valence-corrected chi connectivity index (χ3v) is 7.39. The Balaban J connectivity index is 2.15. The van der Waals surface area contributed by atoms with Gasteiger partial charge in [-0.05, 0) is 70.4 Å². The molecule has 0 bridgehead atoms. The number of aromatic nitrogens is 2. The van der Waals surface area contributed by atoms with Crippen molar-refractivity contribution in [1.82, 2.24) is 14.5 Å². The number of thioether (sulfide) groups is 1. The minimum Gasteiger partial charge on any atom is -0.343 e. The predicted molar refractivity (Wildman–Crippen MR) is 123 cm³/mol. The van der Waals surface area contributed by atoms with Gasteiger partial charge in [0, 0.05) is 18.0 Å². The molecule has 2 heterocycles. The lowest BCUT2D eigenvalue weighted by Crippen LogP contribution is -2.32. The highest BCUT2D eigenvalue weighted by atomic mass is 32.2. The summed E-state index contributed by atoms with van der Waals surface area (Å²) >= 11 is 2.86. The molecule has 0 saturated heterocycles. The van der Waals surface area contributed by atoms with Gasteiger partial charge in [0.2, 0.25) is 5.91 Å². The number of carbonyl (C=O) groups is 1. The summed E-state index contributed by atoms with van der Waals surface area (Å²) in [7, 11) is 0. The first-order valence-electron chi connectivity index (χ1n) is 9.79. The van der Waals surface area contributed by atoms with E-state index >= 15 is 0 Å². The van der Waals surface area contributed by atoms with Gasteiger partial charge in [-0.25, -0.2) is 4.98 Å². The molecule has 0 saturated carbocycles. The van der Waals surface area contributed by atoms with Gasteiger partial charge in [0.1, 0.15) is 4.83 Å². The number of carbonyl (C=O) groups excluding carboxylic acids is 1. The van der Waals surface area contributed by atoms with Gasteiger partial charge in [0.05, 0.1) is 16.8 Å². The molecule has 3 rings (SSSR count). The lowest BCUT2D eigenvalue weighted by molar-refractivity contribution is -0.127. The van der Waals surface area contributed by atoms with E-state index in [9.17, 15) is 9.59 Å². The Hall–Kier alpha value is -2.12. The highest BCUT2D eigenvalue weighted by molar-refractivity contribution is 7.99. The molecule has 1 amide bonds. The minimum atomic E-state index is -0.0714. The van der Waals surface area contributed by atoms with Crippen LogP contribution in [0, 0.1) is 27.7 Å². The molecule has 7 heteroatoms. The molecule has 1 aromatic carbocycles. The van der Waals surface area contributed by atoms with Crippen LogP contribution in [0.15, 0.2) is 28.2 Å². The Labute approximate surface area is 179 Å². The van der Waals surface area contributed by atoms with Gasteiger partial charge in [0.15, 0.2) is 5.16 Å². The van der Waals surface area contributed by atoms with Gasteiger partial charge in [-0.15, -0.1) is 11.3 Å². The lowest BCUT2D eigenvalue weighted by atomic mass is 10.1. The molecule has 0 aliphatic heterocycles. The van der Waals surface area contributed by atoms with Crippen molar-refractivity contribution in [3.05, 3.63) is 50.1 Å². The summed E-state index contributed by atoms with van der Waals surface area (Å²) in [5.41, 5.74) is 3.98. The molecular formula is C22H27N3O2S2. The summed E-state index contributed by atoms with van der Waals surface area (Å²) in [6.07, 6.45) is 0. The zero-order valence-electron chi connectivity index (χ0n) is 17.8. The monoisotopic (exact) mass is 429 g/mol. The number of fused-ring (bicyclic) bond motifs is 1. The zero-order valence-corrected chi connectivity index (χ0v) is 19.5. The highest BCUT2D eigenvalue weighted by Gasteiger charge is 2.20. The largest absolute Gasteiger partial charge is 0.343 e. The molecule has 3 aromatic rings. The topological polar surface area (TPSA) is 55.2 Å². The highest BCUT2D eigenvalue weighted by Crippen LogP contribution is 2.30. The Morgan fingerprint density at radius 1 is 1.14 bits per heavy atom. The van der Waals surface area contributed by atoms with Crippen molar-refractivity contribution in [2.75, 3.05) is 18.8 Å². The normalized spacial score (nSPS) is 11.2. The molecule has 0 fully saturated rings. The van der Waals surface area contributed by atoms with Crippen molar-refractivity contribution in [2.24, 2.45) is 0 Å². The molecule has 0 spiro atoms. The molecule has 0 N–H and O–H groups in total. The fourth-order valence-corrected chi connectivity index (χ4v) is 5.24. The number of amides is 1. The van der Waals surface area contributed by atoms with Gasteiger partial charge < -0.3 is 4.90 Å². The average Bonchev–Trinajstić information content (AvgIpc) is 2.97. The summed E-state index contributed by atoms with van der Waals surface area (Å²) < 4.78 is 1.66. The molecule has 154 valence electrons. The van der Waals surface area contributed by atoms with Gasteiger partial charge >= 0.3 is 0 Å². The molecule has 29 heavy (non-hydrogen) atoms. The fourth-order valence-electron chi connectivity index (χ4n) is 3.26. The maximum absolute atomic E-state index is 13.5. The van der Waals surface area contributed by atoms with Crippen LogP contribution in [0.3, 0.4) is 0 Å². The third kappa shape index (κ3) is 4.12. The van der Waals surface area contributed by atoms with E-state index in [0.29, 0.717) is 23.6 Å². The Morgan fingerprint density at radius 2 is 1.83 bits per heavy atom. The molecule has 2 aromatic heterocycles. The van der Waals surface area contributed by atoms with Crippen molar-refractivity contribution >= 4 is 39.2 Å². The van der Waals surface area contributed by atoms with Gasteiger partial charge in [0.25, 0.3) is 5.56 Å². The lowest BCUT2D eigenvalue weighted by Gasteiger charge is -2.19. The maximum atomic E-state index is 13.5. The Kier molecular flexibility index (Phi) is 6.49. The summed E-state index contributed by atoms with van der Waals surface area (Å²) in [4.78, 5) is 34.4. The molecule has 0 atom stereocenters. The predicted octanol–water partition coefficient (Wildman–Crippen LogP) is 4.64. The summed E-state index contributed by atoms with van der Waals surface area (Å²) in [6.45, 7) is 13.4. The van der Waals surface area contributed by atoms with Crippen molar-refractivity contribution in [3.63, 3.8) is 0 Å². The number of rotatable bonds is 6. The molecule has 0 aliphatic rings. The minimum absolute atomic E-state index is 0.0551. The van der Waals surface area contributed by atoms with E-state index in [0.717, 1.165) is 26.5 Å². The molecule has 0 radical (unpaired) electrons. The van der Waals surface area contributed by atoms with Crippen LogP contribution in [0.25, 0.3) is 15.9 Å². The summed E-state index contributed by atoms with van der Waals surface area (Å²) in [5, 5.41) is 1.23. The van der Waals surface area contributed by atoms with Crippen LogP contribution < -0.4 is 5.56 Å². The molecule has 0 aliphatic carbocycles. The van der Waals surface area contributed by atoms with E-state index < -0.39 is 0 Å². The second-order valence-electron chi connectivity index (χ2n) is 7.12. The smallest absolute Gasteiger partial charge is 0.267 e. The van der Waals surface area contributed by atoms with Gasteiger partial charge in [-0.3, -0.25) is 14.2 Å². The summed E-state index contributed by atoms with van der Waals surface area (Å²) in [5.74, 6) is 0.313. The first-order valence-corrected chi connectivity index (χ1v) is 11.6. The maximum Gasteiger partial charge on any atom is 0.267 e. The molecule has 5 nitrogen and oxygen atoms in total. The SMILES string of the molecule is CCN(CC)C(=O)CSc1nc2sc(C)c(C)c2c(=O)n1-c1ccc(C)c(C)c1.